The van der Waals surface area contributed by atoms with Gasteiger partial charge in [-0.3, -0.25) is 4.79 Å². The molecule has 24 heavy (non-hydrogen) atoms. The lowest BCUT2D eigenvalue weighted by molar-refractivity contribution is -0.128. The second-order valence-corrected chi connectivity index (χ2v) is 6.44. The van der Waals surface area contributed by atoms with Crippen LogP contribution in [0.2, 0.25) is 0 Å². The van der Waals surface area contributed by atoms with Gasteiger partial charge >= 0.3 is 0 Å². The molecule has 1 aromatic carbocycles. The topological polar surface area (TPSA) is 38.1 Å². The molecule has 0 saturated heterocycles. The molecule has 4 rings (SSSR count). The lowest BCUT2D eigenvalue weighted by Crippen LogP contribution is -2.41. The first-order valence-corrected chi connectivity index (χ1v) is 8.84. The van der Waals surface area contributed by atoms with Crippen molar-refractivity contribution in [3.05, 3.63) is 82.6 Å². The first kappa shape index (κ1) is 14.9. The number of fused-ring (bicyclic) bond motifs is 1. The second kappa shape index (κ2) is 6.45. The van der Waals surface area contributed by atoms with Crippen molar-refractivity contribution in [2.45, 2.75) is 12.6 Å². The number of benzene rings is 1. The molecule has 5 heteroatoms. The van der Waals surface area contributed by atoms with E-state index in [-0.39, 0.29) is 11.9 Å². The van der Waals surface area contributed by atoms with Crippen LogP contribution in [0.3, 0.4) is 0 Å². The highest BCUT2D eigenvalue weighted by atomic mass is 32.1. The van der Waals surface area contributed by atoms with Gasteiger partial charge < -0.3 is 9.47 Å². The van der Waals surface area contributed by atoms with Crippen LogP contribution in [0.1, 0.15) is 23.0 Å². The molecule has 0 saturated carbocycles. The maximum absolute atomic E-state index is 12.8. The quantitative estimate of drug-likeness (QED) is 0.686. The van der Waals surface area contributed by atoms with Crippen LogP contribution in [0, 0.1) is 0 Å². The van der Waals surface area contributed by atoms with Gasteiger partial charge in [0, 0.05) is 36.4 Å². The Balaban J connectivity index is 1.67. The third-order valence-electron chi connectivity index (χ3n) is 4.28. The average Bonchev–Trinajstić information content (AvgIpc) is 3.30. The molecule has 0 N–H and O–H groups in total. The molecule has 1 atom stereocenters. The number of hydrogen-bond acceptors (Lipinski definition) is 3. The molecular formula is C19H17N3OS. The number of amides is 1. The number of nitrogens with zero attached hydrogens (tertiary/aromatic N) is 3. The van der Waals surface area contributed by atoms with Crippen molar-refractivity contribution in [3.8, 4) is 0 Å². The SMILES string of the molecule is O=C(/C=C\c1cscn1)N1CCn2cccc2[C@@H]1c1ccccc1. The predicted octanol–water partition coefficient (Wildman–Crippen LogP) is 3.59. The van der Waals surface area contributed by atoms with E-state index in [1.54, 1.807) is 17.7 Å². The largest absolute Gasteiger partial charge is 0.348 e. The molecule has 1 amide bonds. The maximum atomic E-state index is 12.8. The van der Waals surface area contributed by atoms with E-state index in [1.165, 1.54) is 11.3 Å². The molecule has 0 aliphatic carbocycles. The molecule has 3 aromatic rings. The highest BCUT2D eigenvalue weighted by Crippen LogP contribution is 2.32. The Bertz CT molecular complexity index is 852. The van der Waals surface area contributed by atoms with E-state index in [1.807, 2.05) is 34.5 Å². The second-order valence-electron chi connectivity index (χ2n) is 5.72. The maximum Gasteiger partial charge on any atom is 0.247 e. The van der Waals surface area contributed by atoms with Gasteiger partial charge in [0.2, 0.25) is 5.91 Å². The van der Waals surface area contributed by atoms with E-state index in [2.05, 4.69) is 33.9 Å². The van der Waals surface area contributed by atoms with Crippen LogP contribution in [0.25, 0.3) is 6.08 Å². The molecule has 2 aromatic heterocycles. The molecule has 120 valence electrons. The summed E-state index contributed by atoms with van der Waals surface area (Å²) in [5, 5.41) is 1.93. The number of carbonyl (C=O) groups is 1. The number of aromatic nitrogens is 2. The molecule has 1 aliphatic heterocycles. The van der Waals surface area contributed by atoms with Gasteiger partial charge in [-0.15, -0.1) is 11.3 Å². The van der Waals surface area contributed by atoms with E-state index in [9.17, 15) is 4.79 Å². The highest BCUT2D eigenvalue weighted by molar-refractivity contribution is 7.07. The molecule has 3 heterocycles. The standard InChI is InChI=1S/C19H17N3OS/c23-18(9-8-16-13-24-14-20-16)22-12-11-21-10-4-7-17(21)19(22)15-5-2-1-3-6-15/h1-10,13-14,19H,11-12H2/b9-8-/t19-/m0/s1. The molecule has 0 spiro atoms. The van der Waals surface area contributed by atoms with Gasteiger partial charge in [-0.2, -0.15) is 0 Å². The monoisotopic (exact) mass is 335 g/mol. The van der Waals surface area contributed by atoms with Gasteiger partial charge in [0.15, 0.2) is 0 Å². The summed E-state index contributed by atoms with van der Waals surface area (Å²) in [7, 11) is 0. The minimum Gasteiger partial charge on any atom is -0.348 e. The summed E-state index contributed by atoms with van der Waals surface area (Å²) in [6.45, 7) is 1.52. The van der Waals surface area contributed by atoms with Crippen molar-refractivity contribution < 1.29 is 4.79 Å². The fraction of sp³-hybridized carbons (Fsp3) is 0.158. The molecule has 0 unspecified atom stereocenters. The summed E-state index contributed by atoms with van der Waals surface area (Å²) >= 11 is 1.53. The van der Waals surface area contributed by atoms with Crippen molar-refractivity contribution in [1.29, 1.82) is 0 Å². The number of carbonyl (C=O) groups excluding carboxylic acids is 1. The Labute approximate surface area is 144 Å². The Kier molecular flexibility index (Phi) is 4.01. The zero-order valence-corrected chi connectivity index (χ0v) is 13.9. The van der Waals surface area contributed by atoms with E-state index < -0.39 is 0 Å². The normalized spacial score (nSPS) is 17.2. The van der Waals surface area contributed by atoms with Crippen LogP contribution < -0.4 is 0 Å². The number of thiazole rings is 1. The average molecular weight is 335 g/mol. The molecule has 1 aliphatic rings. The van der Waals surface area contributed by atoms with Crippen LogP contribution in [0.15, 0.2) is 65.6 Å². The first-order valence-electron chi connectivity index (χ1n) is 7.90. The van der Waals surface area contributed by atoms with Crippen molar-refractivity contribution in [2.75, 3.05) is 6.54 Å². The minimum absolute atomic E-state index is 0.0179. The Morgan fingerprint density at radius 2 is 2.04 bits per heavy atom. The lowest BCUT2D eigenvalue weighted by atomic mass is 10.00. The summed E-state index contributed by atoms with van der Waals surface area (Å²) in [5.74, 6) is 0.0179. The third kappa shape index (κ3) is 2.78. The van der Waals surface area contributed by atoms with Crippen molar-refractivity contribution in [2.24, 2.45) is 0 Å². The van der Waals surface area contributed by atoms with Gasteiger partial charge in [0.05, 0.1) is 17.2 Å². The van der Waals surface area contributed by atoms with Crippen molar-refractivity contribution in [1.82, 2.24) is 14.5 Å². The Morgan fingerprint density at radius 3 is 2.83 bits per heavy atom. The van der Waals surface area contributed by atoms with E-state index in [4.69, 9.17) is 0 Å². The fourth-order valence-electron chi connectivity index (χ4n) is 3.16. The molecule has 4 nitrogen and oxygen atoms in total. The molecule has 0 bridgehead atoms. The summed E-state index contributed by atoms with van der Waals surface area (Å²) in [4.78, 5) is 18.9. The summed E-state index contributed by atoms with van der Waals surface area (Å²) in [5.41, 5.74) is 4.88. The van der Waals surface area contributed by atoms with Crippen LogP contribution in [-0.2, 0) is 11.3 Å². The number of rotatable bonds is 3. The van der Waals surface area contributed by atoms with E-state index >= 15 is 0 Å². The third-order valence-corrected chi connectivity index (χ3v) is 4.89. The van der Waals surface area contributed by atoms with Crippen molar-refractivity contribution in [3.63, 3.8) is 0 Å². The van der Waals surface area contributed by atoms with Crippen LogP contribution in [0.4, 0.5) is 0 Å². The van der Waals surface area contributed by atoms with Crippen LogP contribution >= 0.6 is 11.3 Å². The van der Waals surface area contributed by atoms with Gasteiger partial charge in [-0.1, -0.05) is 30.3 Å². The first-order chi connectivity index (χ1) is 11.8. The predicted molar refractivity (Wildman–Crippen MR) is 95.6 cm³/mol. The summed E-state index contributed by atoms with van der Waals surface area (Å²) in [6, 6.07) is 14.3. The van der Waals surface area contributed by atoms with Gasteiger partial charge in [-0.25, -0.2) is 4.98 Å². The number of hydrogen-bond donors (Lipinski definition) is 0. The zero-order chi connectivity index (χ0) is 16.4. The van der Waals surface area contributed by atoms with Gasteiger partial charge in [0.1, 0.15) is 0 Å². The van der Waals surface area contributed by atoms with Gasteiger partial charge in [-0.05, 0) is 23.8 Å². The summed E-state index contributed by atoms with van der Waals surface area (Å²) in [6.07, 6.45) is 5.50. The summed E-state index contributed by atoms with van der Waals surface area (Å²) < 4.78 is 2.23. The Hall–Kier alpha value is -2.66. The molecular weight excluding hydrogens is 318 g/mol. The Morgan fingerprint density at radius 1 is 1.17 bits per heavy atom. The minimum atomic E-state index is -0.0532. The van der Waals surface area contributed by atoms with Crippen LogP contribution in [0.5, 0.6) is 0 Å². The van der Waals surface area contributed by atoms with Crippen molar-refractivity contribution >= 4 is 23.3 Å². The molecule has 0 radical (unpaired) electrons. The van der Waals surface area contributed by atoms with E-state index in [0.29, 0.717) is 6.54 Å². The van der Waals surface area contributed by atoms with E-state index in [0.717, 1.165) is 23.5 Å². The smallest absolute Gasteiger partial charge is 0.247 e. The van der Waals surface area contributed by atoms with Gasteiger partial charge in [0.25, 0.3) is 0 Å². The highest BCUT2D eigenvalue weighted by Gasteiger charge is 2.30. The zero-order valence-electron chi connectivity index (χ0n) is 13.1. The molecule has 0 fully saturated rings. The lowest BCUT2D eigenvalue weighted by Gasteiger charge is -2.36. The fourth-order valence-corrected chi connectivity index (χ4v) is 3.69. The van der Waals surface area contributed by atoms with Crippen LogP contribution in [-0.4, -0.2) is 26.9 Å².